The highest BCUT2D eigenvalue weighted by atomic mass is 15.1. The Morgan fingerprint density at radius 3 is 2.05 bits per heavy atom. The second-order valence-electron chi connectivity index (χ2n) is 4.37. The van der Waals surface area contributed by atoms with Crippen LogP contribution in [-0.2, 0) is 0 Å². The van der Waals surface area contributed by atoms with E-state index in [1.165, 1.54) is 0 Å². The third-order valence-electron chi connectivity index (χ3n) is 2.81. The standard InChI is InChI=1S/C17H14N3/c1-3-8-14(9-4-1)18-16-12-7-13-17(20-16)19-15-10-5-2-6-11-15/h1-11H,12H2,(H,18,19,20). The first-order valence-electron chi connectivity index (χ1n) is 6.52. The largest absolute Gasteiger partial charge is 0.328 e. The molecule has 0 bridgehead atoms. The third kappa shape index (κ3) is 3.20. The van der Waals surface area contributed by atoms with E-state index in [1.54, 1.807) is 0 Å². The second-order valence-corrected chi connectivity index (χ2v) is 4.37. The molecule has 0 saturated carbocycles. The molecule has 0 unspecified atom stereocenters. The van der Waals surface area contributed by atoms with Gasteiger partial charge in [0.05, 0.1) is 11.4 Å². The molecule has 1 radical (unpaired) electrons. The molecule has 0 spiro atoms. The van der Waals surface area contributed by atoms with Gasteiger partial charge in [-0.2, -0.15) is 0 Å². The summed E-state index contributed by atoms with van der Waals surface area (Å²) in [4.78, 5) is 9.06. The van der Waals surface area contributed by atoms with Gasteiger partial charge in [0.15, 0.2) is 0 Å². The van der Waals surface area contributed by atoms with Crippen molar-refractivity contribution < 1.29 is 0 Å². The average Bonchev–Trinajstić information content (AvgIpc) is 2.50. The molecule has 1 heterocycles. The average molecular weight is 260 g/mol. The van der Waals surface area contributed by atoms with Crippen molar-refractivity contribution in [1.82, 2.24) is 5.32 Å². The van der Waals surface area contributed by atoms with Gasteiger partial charge in [0.25, 0.3) is 0 Å². The number of hydrogen-bond acceptors (Lipinski definition) is 2. The maximum atomic E-state index is 4.56. The Balaban J connectivity index is 1.81. The lowest BCUT2D eigenvalue weighted by molar-refractivity contribution is 1.19. The van der Waals surface area contributed by atoms with Crippen LogP contribution in [0.15, 0.2) is 76.7 Å². The molecule has 0 saturated heterocycles. The molecule has 0 amide bonds. The van der Waals surface area contributed by atoms with E-state index >= 15 is 0 Å². The molecule has 1 aliphatic heterocycles. The van der Waals surface area contributed by atoms with Crippen LogP contribution >= 0.6 is 0 Å². The lowest BCUT2D eigenvalue weighted by Gasteiger charge is -2.12. The van der Waals surface area contributed by atoms with Crippen LogP contribution in [-0.4, -0.2) is 11.7 Å². The fourth-order valence-corrected chi connectivity index (χ4v) is 1.89. The van der Waals surface area contributed by atoms with E-state index in [0.29, 0.717) is 5.84 Å². The van der Waals surface area contributed by atoms with Gasteiger partial charge >= 0.3 is 0 Å². The van der Waals surface area contributed by atoms with Gasteiger partial charge in [0.1, 0.15) is 11.7 Å². The topological polar surface area (TPSA) is 36.8 Å². The highest BCUT2D eigenvalue weighted by molar-refractivity contribution is 6.08. The van der Waals surface area contributed by atoms with Crippen molar-refractivity contribution >= 4 is 23.0 Å². The maximum absolute atomic E-state index is 4.56. The smallest absolute Gasteiger partial charge is 0.139 e. The van der Waals surface area contributed by atoms with E-state index in [9.17, 15) is 0 Å². The zero-order valence-corrected chi connectivity index (χ0v) is 11.0. The van der Waals surface area contributed by atoms with E-state index < -0.39 is 0 Å². The van der Waals surface area contributed by atoms with Crippen LogP contribution in [0.2, 0.25) is 0 Å². The maximum Gasteiger partial charge on any atom is 0.139 e. The molecule has 0 aliphatic carbocycles. The normalized spacial score (nSPS) is 18.2. The number of amidine groups is 2. The first-order chi connectivity index (χ1) is 9.90. The summed E-state index contributed by atoms with van der Waals surface area (Å²) in [5, 5.41) is 3.21. The quantitative estimate of drug-likeness (QED) is 0.876. The number of nitrogens with zero attached hydrogens (tertiary/aromatic N) is 2. The fraction of sp³-hybridized carbons (Fsp3) is 0.0588. The molecular weight excluding hydrogens is 246 g/mol. The van der Waals surface area contributed by atoms with Crippen molar-refractivity contribution in [3.8, 4) is 0 Å². The van der Waals surface area contributed by atoms with Crippen LogP contribution in [0.3, 0.4) is 0 Å². The summed E-state index contributed by atoms with van der Waals surface area (Å²) >= 11 is 0. The number of rotatable bonds is 2. The zero-order valence-electron chi connectivity index (χ0n) is 11.0. The van der Waals surface area contributed by atoms with Crippen molar-refractivity contribution in [3.05, 3.63) is 72.8 Å². The number of para-hydroxylation sites is 2. The van der Waals surface area contributed by atoms with Gasteiger partial charge in [-0.25, -0.2) is 9.98 Å². The fourth-order valence-electron chi connectivity index (χ4n) is 1.89. The first kappa shape index (κ1) is 12.4. The van der Waals surface area contributed by atoms with Crippen LogP contribution in [0.5, 0.6) is 0 Å². The van der Waals surface area contributed by atoms with Crippen LogP contribution in [0, 0.1) is 6.08 Å². The molecular formula is C17H14N3. The van der Waals surface area contributed by atoms with Gasteiger partial charge in [-0.15, -0.1) is 0 Å². The SMILES string of the molecule is [C]1=CCC(=Nc2ccccc2)NC1=Nc1ccccc1. The van der Waals surface area contributed by atoms with Crippen molar-refractivity contribution in [1.29, 1.82) is 0 Å². The summed E-state index contributed by atoms with van der Waals surface area (Å²) in [5.41, 5.74) is 1.83. The van der Waals surface area contributed by atoms with E-state index in [1.807, 2.05) is 66.7 Å². The summed E-state index contributed by atoms with van der Waals surface area (Å²) in [6, 6.07) is 19.7. The number of aliphatic imine (C=N–C) groups is 2. The molecule has 3 rings (SSSR count). The highest BCUT2D eigenvalue weighted by Crippen LogP contribution is 2.13. The van der Waals surface area contributed by atoms with Gasteiger partial charge in [0.2, 0.25) is 0 Å². The van der Waals surface area contributed by atoms with Crippen molar-refractivity contribution in [2.75, 3.05) is 0 Å². The molecule has 97 valence electrons. The van der Waals surface area contributed by atoms with E-state index in [4.69, 9.17) is 0 Å². The van der Waals surface area contributed by atoms with Crippen molar-refractivity contribution in [2.45, 2.75) is 6.42 Å². The minimum absolute atomic E-state index is 0.692. The minimum Gasteiger partial charge on any atom is -0.328 e. The van der Waals surface area contributed by atoms with Crippen molar-refractivity contribution in [3.63, 3.8) is 0 Å². The Labute approximate surface area is 118 Å². The molecule has 20 heavy (non-hydrogen) atoms. The van der Waals surface area contributed by atoms with Crippen LogP contribution in [0.25, 0.3) is 0 Å². The number of hydrogen-bond donors (Lipinski definition) is 1. The van der Waals surface area contributed by atoms with E-state index in [0.717, 1.165) is 23.6 Å². The first-order valence-corrected chi connectivity index (χ1v) is 6.52. The summed E-state index contributed by atoms with van der Waals surface area (Å²) in [5.74, 6) is 1.57. The second kappa shape index (κ2) is 5.97. The molecule has 0 atom stereocenters. The lowest BCUT2D eigenvalue weighted by atomic mass is 10.2. The summed E-state index contributed by atoms with van der Waals surface area (Å²) in [6.07, 6.45) is 5.80. The molecule has 3 nitrogen and oxygen atoms in total. The van der Waals surface area contributed by atoms with Gasteiger partial charge < -0.3 is 5.32 Å². The number of nitrogens with one attached hydrogen (secondary N) is 1. The number of benzene rings is 2. The van der Waals surface area contributed by atoms with Gasteiger partial charge in [-0.3, -0.25) is 0 Å². The summed E-state index contributed by atoms with van der Waals surface area (Å²) in [7, 11) is 0. The zero-order chi connectivity index (χ0) is 13.6. The molecule has 1 aliphatic rings. The molecule has 2 aromatic carbocycles. The highest BCUT2D eigenvalue weighted by Gasteiger charge is 2.07. The Morgan fingerprint density at radius 1 is 0.800 bits per heavy atom. The molecule has 0 fully saturated rings. The minimum atomic E-state index is 0.692. The monoisotopic (exact) mass is 260 g/mol. The molecule has 0 aromatic heterocycles. The van der Waals surface area contributed by atoms with Crippen LogP contribution in [0.1, 0.15) is 6.42 Å². The van der Waals surface area contributed by atoms with Crippen LogP contribution < -0.4 is 5.32 Å². The van der Waals surface area contributed by atoms with E-state index in [2.05, 4.69) is 21.4 Å². The van der Waals surface area contributed by atoms with Crippen LogP contribution in [0.4, 0.5) is 11.4 Å². The van der Waals surface area contributed by atoms with Gasteiger partial charge in [-0.1, -0.05) is 42.5 Å². The van der Waals surface area contributed by atoms with Crippen molar-refractivity contribution in [2.24, 2.45) is 9.98 Å². The lowest BCUT2D eigenvalue weighted by Crippen LogP contribution is -2.31. The molecule has 1 N–H and O–H groups in total. The third-order valence-corrected chi connectivity index (χ3v) is 2.81. The van der Waals surface area contributed by atoms with Gasteiger partial charge in [-0.05, 0) is 24.3 Å². The molecule has 2 aromatic rings. The molecule has 3 heteroatoms. The predicted molar refractivity (Wildman–Crippen MR) is 82.6 cm³/mol. The Hall–Kier alpha value is -2.68. The Bertz CT molecular complexity index is 655. The Kier molecular flexibility index (Phi) is 3.69. The summed E-state index contributed by atoms with van der Waals surface area (Å²) < 4.78 is 0. The predicted octanol–water partition coefficient (Wildman–Crippen LogP) is 3.80. The summed E-state index contributed by atoms with van der Waals surface area (Å²) in [6.45, 7) is 0. The van der Waals surface area contributed by atoms with Gasteiger partial charge in [0, 0.05) is 12.5 Å². The Morgan fingerprint density at radius 2 is 1.40 bits per heavy atom. The van der Waals surface area contributed by atoms with E-state index in [-0.39, 0.29) is 0 Å².